The van der Waals surface area contributed by atoms with E-state index in [4.69, 9.17) is 20.9 Å². The van der Waals surface area contributed by atoms with E-state index in [1.165, 1.54) is 39.9 Å². The number of fused-ring (bicyclic) bond motifs is 3. The third-order valence-electron chi connectivity index (χ3n) is 7.77. The Hall–Kier alpha value is -5.88. The zero-order valence-electron chi connectivity index (χ0n) is 23.1. The molecule has 6 aromatic carbocycles. The van der Waals surface area contributed by atoms with Crippen molar-refractivity contribution in [2.24, 2.45) is 0 Å². The molecule has 0 unspecified atom stereocenters. The Morgan fingerprint density at radius 3 is 1.58 bits per heavy atom. The molecule has 0 saturated heterocycles. The molecule has 1 aliphatic rings. The highest BCUT2D eigenvalue weighted by molar-refractivity contribution is 5.93. The molecular weight excluding hydrogens is 536 g/mol. The number of hydrogen-bond donors (Lipinski definition) is 4. The van der Waals surface area contributed by atoms with E-state index in [9.17, 15) is 10.2 Å². The van der Waals surface area contributed by atoms with E-state index in [2.05, 4.69) is 48.5 Å². The minimum Gasteiger partial charge on any atom is -0.506 e. The van der Waals surface area contributed by atoms with Gasteiger partial charge in [-0.1, -0.05) is 60.7 Å². The summed E-state index contributed by atoms with van der Waals surface area (Å²) in [5, 5.41) is 19.9. The van der Waals surface area contributed by atoms with Gasteiger partial charge in [-0.3, -0.25) is 0 Å². The third-order valence-corrected chi connectivity index (χ3v) is 7.77. The van der Waals surface area contributed by atoms with Crippen LogP contribution in [0.25, 0.3) is 33.4 Å². The van der Waals surface area contributed by atoms with Crippen LogP contribution in [-0.2, 0) is 6.42 Å². The summed E-state index contributed by atoms with van der Waals surface area (Å²) in [7, 11) is 0. The number of benzene rings is 6. The van der Waals surface area contributed by atoms with Crippen LogP contribution in [-0.4, -0.2) is 10.2 Å². The highest BCUT2D eigenvalue weighted by atomic mass is 16.5. The number of ether oxygens (including phenoxy) is 2. The molecule has 43 heavy (non-hydrogen) atoms. The lowest BCUT2D eigenvalue weighted by molar-refractivity contribution is 0.456. The molecule has 6 N–H and O–H groups in total. The summed E-state index contributed by atoms with van der Waals surface area (Å²) in [4.78, 5) is 0. The van der Waals surface area contributed by atoms with Gasteiger partial charge in [0, 0.05) is 12.1 Å². The molecule has 6 nitrogen and oxygen atoms in total. The molecule has 1 aliphatic carbocycles. The summed E-state index contributed by atoms with van der Waals surface area (Å²) in [6, 6.07) is 38.6. The second-order valence-electron chi connectivity index (χ2n) is 10.5. The Morgan fingerprint density at radius 1 is 0.488 bits per heavy atom. The van der Waals surface area contributed by atoms with Gasteiger partial charge in [0.1, 0.15) is 34.5 Å². The molecule has 7 rings (SSSR count). The van der Waals surface area contributed by atoms with Crippen LogP contribution in [0.5, 0.6) is 34.5 Å². The number of rotatable bonds is 6. The number of hydrogen-bond acceptors (Lipinski definition) is 6. The largest absolute Gasteiger partial charge is 0.506 e. The first-order chi connectivity index (χ1) is 20.9. The van der Waals surface area contributed by atoms with Crippen molar-refractivity contribution in [3.05, 3.63) is 132 Å². The normalized spacial score (nSPS) is 11.5. The molecular formula is C37H28N2O4. The Balaban J connectivity index is 1.25. The maximum absolute atomic E-state index is 9.96. The summed E-state index contributed by atoms with van der Waals surface area (Å²) in [6.07, 6.45) is 0.847. The lowest BCUT2D eigenvalue weighted by Gasteiger charge is -2.17. The highest BCUT2D eigenvalue weighted by Crippen LogP contribution is 2.46. The van der Waals surface area contributed by atoms with Crippen LogP contribution in [0, 0.1) is 0 Å². The number of anilines is 2. The van der Waals surface area contributed by atoms with Crippen LogP contribution in [0.1, 0.15) is 11.1 Å². The number of nitrogen functional groups attached to an aromatic ring is 2. The van der Waals surface area contributed by atoms with Crippen LogP contribution in [0.4, 0.5) is 11.4 Å². The molecule has 0 bridgehead atoms. The Bertz CT molecular complexity index is 1980. The van der Waals surface area contributed by atoms with Crippen molar-refractivity contribution in [1.29, 1.82) is 0 Å². The second-order valence-corrected chi connectivity index (χ2v) is 10.5. The molecule has 6 heteroatoms. The van der Waals surface area contributed by atoms with Crippen LogP contribution in [0.15, 0.2) is 121 Å². The molecule has 0 fully saturated rings. The van der Waals surface area contributed by atoms with Gasteiger partial charge < -0.3 is 31.2 Å². The Morgan fingerprint density at radius 2 is 1.00 bits per heavy atom. The monoisotopic (exact) mass is 564 g/mol. The number of aromatic hydroxyl groups is 2. The van der Waals surface area contributed by atoms with Crippen molar-refractivity contribution < 1.29 is 19.7 Å². The van der Waals surface area contributed by atoms with Gasteiger partial charge in [-0.25, -0.2) is 0 Å². The van der Waals surface area contributed by atoms with Gasteiger partial charge in [0.2, 0.25) is 0 Å². The fourth-order valence-corrected chi connectivity index (χ4v) is 5.62. The molecule has 0 spiro atoms. The van der Waals surface area contributed by atoms with Crippen molar-refractivity contribution in [2.75, 3.05) is 11.5 Å². The molecule has 210 valence electrons. The van der Waals surface area contributed by atoms with Gasteiger partial charge in [-0.05, 0) is 99.5 Å². The summed E-state index contributed by atoms with van der Waals surface area (Å²) in [5.41, 5.74) is 21.6. The topological polar surface area (TPSA) is 111 Å². The molecule has 0 aromatic heterocycles. The standard InChI is InChI=1S/C37H28N2O4/c38-33-17-13-27(20-35(33)40)42-25-9-5-22(6-10-25)30-15-16-31-29-4-2-1-3-24(29)19-32(31)37(30)23-7-11-26(12-8-23)43-28-14-18-34(39)36(41)21-28/h1-18,20-21,40-41H,19,38-39H2. The van der Waals surface area contributed by atoms with Crippen LogP contribution in [0.2, 0.25) is 0 Å². The Labute approximate surface area is 249 Å². The van der Waals surface area contributed by atoms with E-state index >= 15 is 0 Å². The Kier molecular flexibility index (Phi) is 6.36. The first-order valence-electron chi connectivity index (χ1n) is 13.9. The lowest BCUT2D eigenvalue weighted by atomic mass is 9.88. The average molecular weight is 565 g/mol. The maximum atomic E-state index is 9.96. The summed E-state index contributed by atoms with van der Waals surface area (Å²) in [5.74, 6) is 2.29. The highest BCUT2D eigenvalue weighted by Gasteiger charge is 2.24. The second kappa shape index (κ2) is 10.5. The van der Waals surface area contributed by atoms with E-state index < -0.39 is 0 Å². The fourth-order valence-electron chi connectivity index (χ4n) is 5.62. The summed E-state index contributed by atoms with van der Waals surface area (Å²) >= 11 is 0. The lowest BCUT2D eigenvalue weighted by Crippen LogP contribution is -1.94. The molecule has 6 aromatic rings. The van der Waals surface area contributed by atoms with Gasteiger partial charge in [-0.2, -0.15) is 0 Å². The average Bonchev–Trinajstić information content (AvgIpc) is 3.40. The minimum absolute atomic E-state index is 0.0128. The number of phenols is 2. The molecule has 0 heterocycles. The van der Waals surface area contributed by atoms with Crippen molar-refractivity contribution in [3.8, 4) is 67.9 Å². The van der Waals surface area contributed by atoms with Crippen molar-refractivity contribution in [1.82, 2.24) is 0 Å². The predicted molar refractivity (Wildman–Crippen MR) is 171 cm³/mol. The van der Waals surface area contributed by atoms with Crippen molar-refractivity contribution in [3.63, 3.8) is 0 Å². The van der Waals surface area contributed by atoms with Gasteiger partial charge in [-0.15, -0.1) is 0 Å². The van der Waals surface area contributed by atoms with Crippen LogP contribution >= 0.6 is 0 Å². The SMILES string of the molecule is Nc1ccc(Oc2ccc(-c3ccc4c(c3-c3ccc(Oc5ccc(N)c(O)c5)cc3)Cc3ccccc3-4)cc2)cc1O. The predicted octanol–water partition coefficient (Wildman–Crippen LogP) is 8.75. The molecule has 0 radical (unpaired) electrons. The van der Waals surface area contributed by atoms with E-state index in [-0.39, 0.29) is 11.5 Å². The molecule has 0 atom stereocenters. The van der Waals surface area contributed by atoms with Gasteiger partial charge in [0.15, 0.2) is 0 Å². The maximum Gasteiger partial charge on any atom is 0.142 e. The number of nitrogens with two attached hydrogens (primary N) is 2. The van der Waals surface area contributed by atoms with E-state index in [1.807, 2.05) is 36.4 Å². The first kappa shape index (κ1) is 26.0. The zero-order chi connectivity index (χ0) is 29.5. The molecule has 0 aliphatic heterocycles. The van der Waals surface area contributed by atoms with Crippen molar-refractivity contribution >= 4 is 11.4 Å². The van der Waals surface area contributed by atoms with E-state index in [1.54, 1.807) is 24.3 Å². The van der Waals surface area contributed by atoms with Crippen molar-refractivity contribution in [2.45, 2.75) is 6.42 Å². The summed E-state index contributed by atoms with van der Waals surface area (Å²) < 4.78 is 11.9. The molecule has 0 amide bonds. The van der Waals surface area contributed by atoms with E-state index in [0.717, 1.165) is 23.1 Å². The smallest absolute Gasteiger partial charge is 0.142 e. The fraction of sp³-hybridized carbons (Fsp3) is 0.0270. The van der Waals surface area contributed by atoms with Gasteiger partial charge in [0.25, 0.3) is 0 Å². The first-order valence-corrected chi connectivity index (χ1v) is 13.9. The van der Waals surface area contributed by atoms with E-state index in [0.29, 0.717) is 34.4 Å². The van der Waals surface area contributed by atoms with Crippen LogP contribution < -0.4 is 20.9 Å². The van der Waals surface area contributed by atoms with Gasteiger partial charge in [0.05, 0.1) is 11.4 Å². The van der Waals surface area contributed by atoms with Gasteiger partial charge >= 0.3 is 0 Å². The zero-order valence-corrected chi connectivity index (χ0v) is 23.1. The van der Waals surface area contributed by atoms with Crippen LogP contribution in [0.3, 0.4) is 0 Å². The minimum atomic E-state index is -0.0130. The summed E-state index contributed by atoms with van der Waals surface area (Å²) in [6.45, 7) is 0. The number of phenolic OH excluding ortho intramolecular Hbond substituents is 2. The quantitative estimate of drug-likeness (QED) is 0.119. The molecule has 0 saturated carbocycles. The third kappa shape index (κ3) is 4.96.